The van der Waals surface area contributed by atoms with E-state index in [1.54, 1.807) is 18.2 Å². The highest BCUT2D eigenvalue weighted by atomic mass is 31.2. The highest BCUT2D eigenvalue weighted by molar-refractivity contribution is 7.46. The van der Waals surface area contributed by atoms with Crippen molar-refractivity contribution in [1.82, 2.24) is 0 Å². The van der Waals surface area contributed by atoms with Crippen molar-refractivity contribution in [1.29, 1.82) is 0 Å². The van der Waals surface area contributed by atoms with Gasteiger partial charge in [-0.05, 0) is 66.9 Å². The van der Waals surface area contributed by atoms with Gasteiger partial charge in [0, 0.05) is 28.7 Å². The second kappa shape index (κ2) is 11.2. The lowest BCUT2D eigenvalue weighted by Gasteiger charge is -2.59. The van der Waals surface area contributed by atoms with Gasteiger partial charge in [0.05, 0.1) is 25.1 Å². The number of carbonyl (C=O) groups excluding carboxylic acids is 2. The zero-order valence-electron chi connectivity index (χ0n) is 25.7. The van der Waals surface area contributed by atoms with Crippen LogP contribution in [0.15, 0.2) is 64.8 Å². The number of benzene rings is 1. The molecule has 12 heteroatoms. The molecule has 1 saturated heterocycles. The van der Waals surface area contributed by atoms with Crippen molar-refractivity contribution in [2.24, 2.45) is 28.6 Å². The fourth-order valence-electron chi connectivity index (χ4n) is 9.54. The van der Waals surface area contributed by atoms with Gasteiger partial charge >= 0.3 is 7.82 Å². The summed E-state index contributed by atoms with van der Waals surface area (Å²) in [5.41, 5.74) is 0.247. The van der Waals surface area contributed by atoms with Crippen LogP contribution in [-0.4, -0.2) is 56.0 Å². The number of ether oxygens (including phenoxy) is 2. The van der Waals surface area contributed by atoms with Gasteiger partial charge in [-0.15, -0.1) is 0 Å². The lowest BCUT2D eigenvalue weighted by Crippen LogP contribution is -2.63. The molecule has 1 aliphatic heterocycles. The van der Waals surface area contributed by atoms with Crippen LogP contribution in [0.3, 0.4) is 0 Å². The molecule has 46 heavy (non-hydrogen) atoms. The van der Waals surface area contributed by atoms with E-state index in [1.807, 2.05) is 37.3 Å². The summed E-state index contributed by atoms with van der Waals surface area (Å²) in [5.74, 6) is -0.379. The SMILES string of the molecule is C[C@]12C=CC(=O)C=C1CC[C@@H]1[C@@H]2[C@@H](O)C[C@@]2(C)[C@H]1C[C@H]1O[C@@H](c3coc(Cc4ccc(CO)cc4)c3)O[C@]12C(=O)COP(=O)(O)O. The number of aliphatic hydroxyl groups excluding tert-OH is 2. The lowest BCUT2D eigenvalue weighted by atomic mass is 9.46. The van der Waals surface area contributed by atoms with Crippen molar-refractivity contribution < 1.29 is 52.6 Å². The van der Waals surface area contributed by atoms with Gasteiger partial charge in [-0.1, -0.05) is 49.8 Å². The Bertz CT molecular complexity index is 1650. The third kappa shape index (κ3) is 4.95. The fraction of sp³-hybridized carbons (Fsp3) is 0.529. The Kier molecular flexibility index (Phi) is 7.74. The minimum Gasteiger partial charge on any atom is -0.469 e. The smallest absolute Gasteiger partial charge is 0.469 e. The Morgan fingerprint density at radius 3 is 2.61 bits per heavy atom. The van der Waals surface area contributed by atoms with E-state index in [-0.39, 0.29) is 36.6 Å². The van der Waals surface area contributed by atoms with Crippen LogP contribution in [-0.2, 0) is 41.2 Å². The molecule has 0 radical (unpaired) electrons. The first-order chi connectivity index (χ1) is 21.8. The number of hydrogen-bond donors (Lipinski definition) is 4. The monoisotopic (exact) mass is 654 g/mol. The summed E-state index contributed by atoms with van der Waals surface area (Å²) < 4.78 is 35.4. The average molecular weight is 655 g/mol. The van der Waals surface area contributed by atoms with Gasteiger partial charge in [-0.2, -0.15) is 0 Å². The predicted octanol–water partition coefficient (Wildman–Crippen LogP) is 4.08. The number of Topliss-reactive ketones (excluding diaryl/α,β-unsaturated/α-hetero) is 1. The number of fused-ring (bicyclic) bond motifs is 7. The zero-order chi connectivity index (χ0) is 32.6. The van der Waals surface area contributed by atoms with E-state index in [9.17, 15) is 34.2 Å². The zero-order valence-corrected chi connectivity index (χ0v) is 26.6. The lowest BCUT2D eigenvalue weighted by molar-refractivity contribution is -0.201. The van der Waals surface area contributed by atoms with Gasteiger partial charge in [0.25, 0.3) is 0 Å². The molecule has 1 aromatic heterocycles. The maximum absolute atomic E-state index is 14.2. The van der Waals surface area contributed by atoms with E-state index in [1.165, 1.54) is 6.26 Å². The van der Waals surface area contributed by atoms with Crippen molar-refractivity contribution in [2.75, 3.05) is 6.61 Å². The minimum atomic E-state index is -4.97. The van der Waals surface area contributed by atoms with E-state index in [0.29, 0.717) is 37.0 Å². The summed E-state index contributed by atoms with van der Waals surface area (Å²) in [5, 5.41) is 21.2. The van der Waals surface area contributed by atoms with Crippen LogP contribution in [0.2, 0.25) is 0 Å². The Morgan fingerprint density at radius 1 is 1.15 bits per heavy atom. The molecule has 0 spiro atoms. The molecule has 246 valence electrons. The third-order valence-electron chi connectivity index (χ3n) is 11.5. The van der Waals surface area contributed by atoms with Crippen molar-refractivity contribution in [2.45, 2.75) is 76.7 Å². The van der Waals surface area contributed by atoms with Gasteiger partial charge in [0.2, 0.25) is 0 Å². The van der Waals surface area contributed by atoms with E-state index in [0.717, 1.165) is 16.7 Å². The molecular formula is C34H39O11P. The van der Waals surface area contributed by atoms with Crippen LogP contribution in [0.1, 0.15) is 68.3 Å². The van der Waals surface area contributed by atoms with Gasteiger partial charge in [-0.25, -0.2) is 4.57 Å². The van der Waals surface area contributed by atoms with Crippen LogP contribution in [0.5, 0.6) is 0 Å². The first-order valence-electron chi connectivity index (χ1n) is 15.7. The number of allylic oxidation sites excluding steroid dienone is 4. The molecule has 4 N–H and O–H groups in total. The summed E-state index contributed by atoms with van der Waals surface area (Å²) in [6.45, 7) is 3.06. The highest BCUT2D eigenvalue weighted by Gasteiger charge is 2.76. The Balaban J connectivity index is 1.20. The second-order valence-electron chi connectivity index (χ2n) is 13.9. The molecule has 11 nitrogen and oxygen atoms in total. The number of phosphoric ester groups is 1. The molecule has 0 bridgehead atoms. The molecule has 3 saturated carbocycles. The largest absolute Gasteiger partial charge is 0.470 e. The quantitative estimate of drug-likeness (QED) is 0.302. The Hall–Kier alpha value is -2.73. The molecular weight excluding hydrogens is 615 g/mol. The summed E-state index contributed by atoms with van der Waals surface area (Å²) in [6, 6.07) is 9.29. The molecule has 5 aliphatic rings. The van der Waals surface area contributed by atoms with Gasteiger partial charge in [0.1, 0.15) is 12.4 Å². The van der Waals surface area contributed by atoms with Crippen LogP contribution in [0, 0.1) is 28.6 Å². The average Bonchev–Trinajstić information content (AvgIpc) is 3.69. The van der Waals surface area contributed by atoms with Crippen molar-refractivity contribution in [3.05, 3.63) is 82.8 Å². The third-order valence-corrected chi connectivity index (χ3v) is 12.0. The number of ketones is 2. The number of phosphoric acid groups is 1. The van der Waals surface area contributed by atoms with Gasteiger partial charge in [-0.3, -0.25) is 14.1 Å². The Labute approximate surface area is 266 Å². The van der Waals surface area contributed by atoms with Crippen LogP contribution >= 0.6 is 7.82 Å². The molecule has 1 aromatic carbocycles. The van der Waals surface area contributed by atoms with Crippen LogP contribution in [0.4, 0.5) is 0 Å². The van der Waals surface area contributed by atoms with Crippen molar-refractivity contribution in [3.8, 4) is 0 Å². The number of carbonyl (C=O) groups is 2. The number of aliphatic hydroxyl groups is 2. The highest BCUT2D eigenvalue weighted by Crippen LogP contribution is 2.70. The topological polar surface area (TPSA) is 173 Å². The molecule has 0 unspecified atom stereocenters. The Morgan fingerprint density at radius 2 is 1.89 bits per heavy atom. The first kappa shape index (κ1) is 31.8. The van der Waals surface area contributed by atoms with Crippen LogP contribution < -0.4 is 0 Å². The fourth-order valence-corrected chi connectivity index (χ4v) is 9.83. The van der Waals surface area contributed by atoms with E-state index < -0.39 is 55.1 Å². The van der Waals surface area contributed by atoms with E-state index in [2.05, 4.69) is 6.92 Å². The van der Waals surface area contributed by atoms with Crippen molar-refractivity contribution >= 4 is 19.4 Å². The maximum atomic E-state index is 14.2. The standard InChI is InChI=1S/C34H39O11P/c1-32-10-9-23(36)13-22(32)7-8-25-26-14-29-34(28(38)18-43-46(39,40)41,33(26,2)15-27(37)30(25)32)45-31(44-29)21-12-24(42-17-21)11-19-3-5-20(16-35)6-4-19/h3-6,9-10,12-13,17,25-27,29-31,35,37H,7-8,11,14-16,18H2,1-2H3,(H2,39,40,41)/t25-,26-,27-,29+,30+,31+,32-,33-,34+/m0/s1. The molecule has 4 fully saturated rings. The molecule has 2 heterocycles. The first-order valence-corrected chi connectivity index (χ1v) is 17.3. The summed E-state index contributed by atoms with van der Waals surface area (Å²) in [7, 11) is -4.97. The molecule has 9 atom stereocenters. The maximum Gasteiger partial charge on any atom is 0.470 e. The van der Waals surface area contributed by atoms with Crippen molar-refractivity contribution in [3.63, 3.8) is 0 Å². The van der Waals surface area contributed by atoms with Crippen LogP contribution in [0.25, 0.3) is 0 Å². The van der Waals surface area contributed by atoms with E-state index >= 15 is 0 Å². The van der Waals surface area contributed by atoms with Gasteiger partial charge < -0.3 is 33.9 Å². The number of hydrogen-bond acceptors (Lipinski definition) is 9. The summed E-state index contributed by atoms with van der Waals surface area (Å²) in [6.07, 6.45) is 6.62. The molecule has 0 amide bonds. The molecule has 7 rings (SSSR count). The number of furan rings is 1. The summed E-state index contributed by atoms with van der Waals surface area (Å²) in [4.78, 5) is 45.3. The number of rotatable bonds is 8. The summed E-state index contributed by atoms with van der Waals surface area (Å²) >= 11 is 0. The molecule has 4 aliphatic carbocycles. The second-order valence-corrected chi connectivity index (χ2v) is 15.2. The predicted molar refractivity (Wildman–Crippen MR) is 162 cm³/mol. The minimum absolute atomic E-state index is 0.0184. The van der Waals surface area contributed by atoms with E-state index in [4.69, 9.17) is 18.4 Å². The normalized spacial score (nSPS) is 38.1. The molecule has 2 aromatic rings. The van der Waals surface area contributed by atoms with Gasteiger partial charge in [0.15, 0.2) is 23.5 Å².